The summed E-state index contributed by atoms with van der Waals surface area (Å²) in [5.41, 5.74) is 4.01. The van der Waals surface area contributed by atoms with Gasteiger partial charge in [-0.15, -0.1) is 0 Å². The minimum Gasteiger partial charge on any atom is -0.506 e. The Morgan fingerprint density at radius 3 is 2.35 bits per heavy atom. The van der Waals surface area contributed by atoms with Gasteiger partial charge in [0.2, 0.25) is 0 Å². The number of aromatic hydroxyl groups is 1. The van der Waals surface area contributed by atoms with Crippen LogP contribution < -0.4 is 10.2 Å². The molecule has 0 aromatic heterocycles. The van der Waals surface area contributed by atoms with E-state index < -0.39 is 5.91 Å². The summed E-state index contributed by atoms with van der Waals surface area (Å²) in [5.74, 6) is 0.158. The van der Waals surface area contributed by atoms with Gasteiger partial charge < -0.3 is 9.84 Å². The molecule has 0 heterocycles. The summed E-state index contributed by atoms with van der Waals surface area (Å²) in [6.45, 7) is 1.75. The van der Waals surface area contributed by atoms with E-state index in [4.69, 9.17) is 4.74 Å². The summed E-state index contributed by atoms with van der Waals surface area (Å²) >= 11 is 16.7. The maximum Gasteiger partial charge on any atom is 0.277 e. The highest BCUT2D eigenvalue weighted by atomic mass is 79.9. The Hall–Kier alpha value is -0.420. The van der Waals surface area contributed by atoms with E-state index in [1.54, 1.807) is 6.07 Å². The molecule has 0 aliphatic rings. The average Bonchev–Trinajstić information content (AvgIpc) is 2.55. The zero-order chi connectivity index (χ0) is 19.4. The number of halogens is 5. The van der Waals surface area contributed by atoms with Crippen LogP contribution in [0.5, 0.6) is 11.5 Å². The third-order valence-corrected chi connectivity index (χ3v) is 6.30. The van der Waals surface area contributed by atoms with Crippen LogP contribution in [-0.4, -0.2) is 23.8 Å². The Morgan fingerprint density at radius 2 is 1.73 bits per heavy atom. The molecular formula is C16H11Br5N2O3. The van der Waals surface area contributed by atoms with E-state index in [0.29, 0.717) is 24.7 Å². The first-order chi connectivity index (χ1) is 12.2. The summed E-state index contributed by atoms with van der Waals surface area (Å²) in [5, 5.41) is 13.8. The smallest absolute Gasteiger partial charge is 0.277 e. The summed E-state index contributed by atoms with van der Waals surface area (Å²) in [6.07, 6.45) is 1.41. The van der Waals surface area contributed by atoms with Crippen molar-refractivity contribution in [1.29, 1.82) is 0 Å². The second-order valence-corrected chi connectivity index (χ2v) is 9.27. The summed E-state index contributed by atoms with van der Waals surface area (Å²) in [4.78, 5) is 11.9. The lowest BCUT2D eigenvalue weighted by molar-refractivity contribution is -0.123. The highest BCUT2D eigenvalue weighted by Crippen LogP contribution is 2.38. The Morgan fingerprint density at radius 1 is 1.12 bits per heavy atom. The molecule has 0 saturated heterocycles. The van der Waals surface area contributed by atoms with Crippen LogP contribution in [0, 0.1) is 6.92 Å². The van der Waals surface area contributed by atoms with E-state index >= 15 is 0 Å². The number of amides is 1. The van der Waals surface area contributed by atoms with Gasteiger partial charge in [-0.1, -0.05) is 15.9 Å². The Kier molecular flexibility index (Phi) is 8.14. The number of hydrazone groups is 1. The highest BCUT2D eigenvalue weighted by molar-refractivity contribution is 9.12. The minimum absolute atomic E-state index is 0.0402. The van der Waals surface area contributed by atoms with Gasteiger partial charge in [-0.2, -0.15) is 5.10 Å². The fourth-order valence-corrected chi connectivity index (χ4v) is 5.85. The molecule has 0 aliphatic carbocycles. The van der Waals surface area contributed by atoms with E-state index in [-0.39, 0.29) is 12.4 Å². The molecule has 0 bridgehead atoms. The zero-order valence-corrected chi connectivity index (χ0v) is 21.0. The summed E-state index contributed by atoms with van der Waals surface area (Å²) in [7, 11) is 0. The lowest BCUT2D eigenvalue weighted by atomic mass is 10.2. The number of phenols is 1. The van der Waals surface area contributed by atoms with Gasteiger partial charge in [0.1, 0.15) is 11.5 Å². The monoisotopic (exact) mass is 674 g/mol. The SMILES string of the molecule is Cc1cc(Br)c(OCC(=O)N/N=C/c2c(Br)cc(Br)c(O)c2Br)c(Br)c1. The lowest BCUT2D eigenvalue weighted by Gasteiger charge is -2.10. The van der Waals surface area contributed by atoms with Crippen LogP contribution in [0.2, 0.25) is 0 Å². The number of ether oxygens (including phenoxy) is 1. The van der Waals surface area contributed by atoms with Crippen LogP contribution in [0.15, 0.2) is 45.7 Å². The molecule has 2 aromatic carbocycles. The number of rotatable bonds is 5. The van der Waals surface area contributed by atoms with Crippen molar-refractivity contribution >= 4 is 91.8 Å². The first kappa shape index (κ1) is 21.9. The lowest BCUT2D eigenvalue weighted by Crippen LogP contribution is -2.24. The van der Waals surface area contributed by atoms with E-state index in [0.717, 1.165) is 14.5 Å². The summed E-state index contributed by atoms with van der Waals surface area (Å²) in [6, 6.07) is 5.47. The van der Waals surface area contributed by atoms with Gasteiger partial charge in [0.25, 0.3) is 5.91 Å². The van der Waals surface area contributed by atoms with Crippen LogP contribution in [-0.2, 0) is 4.79 Å². The number of phenolic OH excluding ortho intramolecular Hbond substituents is 1. The van der Waals surface area contributed by atoms with Crippen LogP contribution >= 0.6 is 79.6 Å². The molecule has 10 heteroatoms. The van der Waals surface area contributed by atoms with Crippen molar-refractivity contribution in [3.8, 4) is 11.5 Å². The molecule has 0 fully saturated rings. The fraction of sp³-hybridized carbons (Fsp3) is 0.125. The van der Waals surface area contributed by atoms with Gasteiger partial charge in [0, 0.05) is 10.0 Å². The van der Waals surface area contributed by atoms with E-state index in [9.17, 15) is 9.90 Å². The van der Waals surface area contributed by atoms with Crippen LogP contribution in [0.3, 0.4) is 0 Å². The van der Waals surface area contributed by atoms with Crippen molar-refractivity contribution < 1.29 is 14.6 Å². The Balaban J connectivity index is 2.00. The van der Waals surface area contributed by atoms with Crippen molar-refractivity contribution in [3.63, 3.8) is 0 Å². The van der Waals surface area contributed by atoms with Crippen molar-refractivity contribution in [2.75, 3.05) is 6.61 Å². The molecule has 0 aliphatic heterocycles. The molecule has 2 aromatic rings. The molecule has 2 N–H and O–H groups in total. The average molecular weight is 679 g/mol. The molecule has 5 nitrogen and oxygen atoms in total. The quantitative estimate of drug-likeness (QED) is 0.299. The number of aryl methyl sites for hydroxylation is 1. The molecule has 26 heavy (non-hydrogen) atoms. The third kappa shape index (κ3) is 5.54. The molecule has 1 amide bonds. The minimum atomic E-state index is -0.422. The number of nitrogens with one attached hydrogen (secondary N) is 1. The molecule has 2 rings (SSSR count). The van der Waals surface area contributed by atoms with E-state index in [1.807, 2.05) is 19.1 Å². The Labute approximate surface area is 192 Å². The second kappa shape index (κ2) is 9.68. The fourth-order valence-electron chi connectivity index (χ4n) is 1.88. The van der Waals surface area contributed by atoms with Gasteiger partial charge in [-0.05, 0) is 94.4 Å². The maximum atomic E-state index is 11.9. The number of carbonyl (C=O) groups excluding carboxylic acids is 1. The highest BCUT2D eigenvalue weighted by Gasteiger charge is 2.13. The molecule has 0 unspecified atom stereocenters. The number of hydrogen-bond donors (Lipinski definition) is 2. The standard InChI is InChI=1S/C16H11Br5N2O3/c1-7-2-11(19)16(12(20)3-7)26-6-13(24)23-22-5-8-9(17)4-10(18)15(25)14(8)21/h2-5,25H,6H2,1H3,(H,23,24)/b22-5+. The molecular weight excluding hydrogens is 668 g/mol. The van der Waals surface area contributed by atoms with Gasteiger partial charge in [0.05, 0.1) is 24.1 Å². The molecule has 0 atom stereocenters. The predicted octanol–water partition coefficient (Wildman–Crippen LogP) is 6.04. The van der Waals surface area contributed by atoms with Gasteiger partial charge in [0.15, 0.2) is 6.61 Å². The topological polar surface area (TPSA) is 70.9 Å². The molecule has 0 saturated carbocycles. The molecule has 0 radical (unpaired) electrons. The van der Waals surface area contributed by atoms with E-state index in [1.165, 1.54) is 6.21 Å². The van der Waals surface area contributed by atoms with Crippen molar-refractivity contribution in [1.82, 2.24) is 5.43 Å². The maximum absolute atomic E-state index is 11.9. The third-order valence-electron chi connectivity index (χ3n) is 3.05. The van der Waals surface area contributed by atoms with Crippen LogP contribution in [0.25, 0.3) is 0 Å². The first-order valence-electron chi connectivity index (χ1n) is 6.97. The number of benzene rings is 2. The van der Waals surface area contributed by atoms with Gasteiger partial charge >= 0.3 is 0 Å². The van der Waals surface area contributed by atoms with Gasteiger partial charge in [-0.3, -0.25) is 4.79 Å². The molecule has 0 spiro atoms. The number of hydrogen-bond acceptors (Lipinski definition) is 4. The first-order valence-corrected chi connectivity index (χ1v) is 10.9. The van der Waals surface area contributed by atoms with Crippen molar-refractivity contribution in [2.45, 2.75) is 6.92 Å². The van der Waals surface area contributed by atoms with Gasteiger partial charge in [-0.25, -0.2) is 5.43 Å². The second-order valence-electron chi connectivity index (χ2n) is 5.06. The van der Waals surface area contributed by atoms with Crippen LogP contribution in [0.4, 0.5) is 0 Å². The summed E-state index contributed by atoms with van der Waals surface area (Å²) < 4.78 is 8.69. The van der Waals surface area contributed by atoms with E-state index in [2.05, 4.69) is 90.2 Å². The van der Waals surface area contributed by atoms with Crippen molar-refractivity contribution in [3.05, 3.63) is 51.7 Å². The largest absolute Gasteiger partial charge is 0.506 e. The molecule has 138 valence electrons. The van der Waals surface area contributed by atoms with Crippen LogP contribution in [0.1, 0.15) is 11.1 Å². The normalized spacial score (nSPS) is 11.0. The zero-order valence-electron chi connectivity index (χ0n) is 13.1. The van der Waals surface area contributed by atoms with Crippen molar-refractivity contribution in [2.24, 2.45) is 5.10 Å². The number of carbonyl (C=O) groups is 1. The predicted molar refractivity (Wildman–Crippen MR) is 119 cm³/mol. The Bertz CT molecular complexity index is 864. The number of nitrogens with zero attached hydrogens (tertiary/aromatic N) is 1.